The number of Topliss-reactive ketones (excluding diaryl/α,β-unsaturated/α-hetero) is 1. The van der Waals surface area contributed by atoms with Crippen molar-refractivity contribution >= 4 is 22.8 Å². The Morgan fingerprint density at radius 1 is 1.33 bits per heavy atom. The summed E-state index contributed by atoms with van der Waals surface area (Å²) < 4.78 is 0. The minimum Gasteiger partial charge on any atom is -0.324 e. The molecule has 0 rings (SSSR count). The Hall–Kier alpha value is -0.150. The zero-order valence-electron chi connectivity index (χ0n) is 10.3. The number of hydrogen-bond donors (Lipinski definition) is 1. The van der Waals surface area contributed by atoms with Gasteiger partial charge in [0.05, 0.1) is 0 Å². The van der Waals surface area contributed by atoms with E-state index in [4.69, 9.17) is 5.73 Å². The van der Waals surface area contributed by atoms with Crippen LogP contribution in [0.1, 0.15) is 47.0 Å². The molecule has 0 aromatic rings. The summed E-state index contributed by atoms with van der Waals surface area (Å²) in [6, 6.07) is 0. The summed E-state index contributed by atoms with van der Waals surface area (Å²) in [6.07, 6.45) is 2.46. The van der Waals surface area contributed by atoms with Crippen molar-refractivity contribution in [3.8, 4) is 0 Å². The Labute approximate surface area is 104 Å². The molecule has 0 amide bonds. The van der Waals surface area contributed by atoms with Gasteiger partial charge in [-0.05, 0) is 31.8 Å². The topological polar surface area (TPSA) is 43.1 Å². The Bertz CT molecular complexity index is 222. The maximum Gasteiger partial charge on any atom is 0.162 e. The Balaban J connectivity index is 0. The van der Waals surface area contributed by atoms with Crippen molar-refractivity contribution in [2.75, 3.05) is 0 Å². The molecule has 0 heterocycles. The van der Waals surface area contributed by atoms with Gasteiger partial charge in [-0.2, -0.15) is 0 Å². The normalized spacial score (nSPS) is 12.9. The van der Waals surface area contributed by atoms with E-state index < -0.39 is 0 Å². The van der Waals surface area contributed by atoms with Gasteiger partial charge in [-0.1, -0.05) is 27.4 Å². The number of carbonyl (C=O) groups is 1. The molecule has 0 aliphatic rings. The highest BCUT2D eigenvalue weighted by atomic mass is 79.9. The molecular weight excluding hydrogens is 254 g/mol. The molecule has 0 bridgehead atoms. The molecule has 0 aliphatic heterocycles. The third-order valence-electron chi connectivity index (χ3n) is 3.16. The van der Waals surface area contributed by atoms with Crippen LogP contribution in [-0.4, -0.2) is 11.3 Å². The van der Waals surface area contributed by atoms with Crippen LogP contribution in [0.25, 0.3) is 0 Å². The number of allylic oxidation sites excluding steroid dienone is 1. The summed E-state index contributed by atoms with van der Waals surface area (Å²) in [4.78, 5) is 11.9. The van der Waals surface area contributed by atoms with Crippen LogP contribution in [-0.2, 0) is 4.79 Å². The van der Waals surface area contributed by atoms with E-state index in [-0.39, 0.29) is 34.2 Å². The number of carbonyl (C=O) groups excluding carboxylic acids is 1. The SMILES string of the molecule is Br.C=C(C)C(=O)C(CC)C(N)(CC)CC. The molecule has 0 saturated carbocycles. The van der Waals surface area contributed by atoms with E-state index in [2.05, 4.69) is 6.58 Å². The average molecular weight is 278 g/mol. The van der Waals surface area contributed by atoms with Gasteiger partial charge in [-0.15, -0.1) is 17.0 Å². The maximum atomic E-state index is 11.9. The molecule has 0 spiro atoms. The lowest BCUT2D eigenvalue weighted by Gasteiger charge is -2.34. The molecule has 0 fully saturated rings. The van der Waals surface area contributed by atoms with Crippen molar-refractivity contribution < 1.29 is 4.79 Å². The monoisotopic (exact) mass is 277 g/mol. The van der Waals surface area contributed by atoms with Gasteiger partial charge in [-0.3, -0.25) is 4.79 Å². The Morgan fingerprint density at radius 2 is 1.73 bits per heavy atom. The number of hydrogen-bond acceptors (Lipinski definition) is 2. The number of rotatable bonds is 6. The molecule has 0 saturated heterocycles. The fourth-order valence-electron chi connectivity index (χ4n) is 1.89. The molecular formula is C12H24BrNO. The maximum absolute atomic E-state index is 11.9. The van der Waals surface area contributed by atoms with Gasteiger partial charge in [0.25, 0.3) is 0 Å². The number of nitrogens with two attached hydrogens (primary N) is 1. The van der Waals surface area contributed by atoms with E-state index in [9.17, 15) is 4.79 Å². The third kappa shape index (κ3) is 4.07. The lowest BCUT2D eigenvalue weighted by molar-refractivity contribution is -0.121. The van der Waals surface area contributed by atoms with E-state index in [1.807, 2.05) is 20.8 Å². The quantitative estimate of drug-likeness (QED) is 0.758. The molecule has 1 atom stereocenters. The number of ketones is 1. The van der Waals surface area contributed by atoms with Crippen molar-refractivity contribution in [1.29, 1.82) is 0 Å². The highest BCUT2D eigenvalue weighted by Crippen LogP contribution is 2.27. The highest BCUT2D eigenvalue weighted by molar-refractivity contribution is 8.93. The van der Waals surface area contributed by atoms with Gasteiger partial charge in [0.15, 0.2) is 5.78 Å². The Morgan fingerprint density at radius 3 is 1.93 bits per heavy atom. The minimum absolute atomic E-state index is 0. The molecule has 1 unspecified atom stereocenters. The fraction of sp³-hybridized carbons (Fsp3) is 0.750. The predicted octanol–water partition coefficient (Wildman–Crippen LogP) is 3.25. The number of halogens is 1. The van der Waals surface area contributed by atoms with Crippen LogP contribution < -0.4 is 5.73 Å². The van der Waals surface area contributed by atoms with Crippen molar-refractivity contribution in [3.63, 3.8) is 0 Å². The molecule has 90 valence electrons. The average Bonchev–Trinajstić information content (AvgIpc) is 2.18. The van der Waals surface area contributed by atoms with Crippen molar-refractivity contribution in [2.45, 2.75) is 52.5 Å². The van der Waals surface area contributed by atoms with Crippen molar-refractivity contribution in [3.05, 3.63) is 12.2 Å². The van der Waals surface area contributed by atoms with Gasteiger partial charge in [0, 0.05) is 11.5 Å². The lowest BCUT2D eigenvalue weighted by Crippen LogP contribution is -2.49. The first kappa shape index (κ1) is 17.3. The van der Waals surface area contributed by atoms with Crippen LogP contribution >= 0.6 is 17.0 Å². The standard InChI is InChI=1S/C12H23NO.BrH/c1-6-10(11(14)9(4)5)12(13,7-2)8-3;/h10H,4,6-8,13H2,1-3,5H3;1H. The van der Waals surface area contributed by atoms with Gasteiger partial charge >= 0.3 is 0 Å². The molecule has 15 heavy (non-hydrogen) atoms. The van der Waals surface area contributed by atoms with Crippen LogP contribution in [0, 0.1) is 5.92 Å². The first-order valence-corrected chi connectivity index (χ1v) is 5.41. The molecule has 0 aliphatic carbocycles. The zero-order chi connectivity index (χ0) is 11.4. The van der Waals surface area contributed by atoms with E-state index in [0.29, 0.717) is 5.57 Å². The first-order valence-electron chi connectivity index (χ1n) is 5.41. The van der Waals surface area contributed by atoms with Crippen molar-refractivity contribution in [2.24, 2.45) is 11.7 Å². The van der Waals surface area contributed by atoms with Crippen LogP contribution in [0.5, 0.6) is 0 Å². The van der Waals surface area contributed by atoms with E-state index in [1.54, 1.807) is 6.92 Å². The second-order valence-corrected chi connectivity index (χ2v) is 4.05. The molecule has 2 N–H and O–H groups in total. The van der Waals surface area contributed by atoms with Gasteiger partial charge in [0.1, 0.15) is 0 Å². The summed E-state index contributed by atoms with van der Waals surface area (Å²) >= 11 is 0. The molecule has 0 aromatic heterocycles. The van der Waals surface area contributed by atoms with Crippen molar-refractivity contribution in [1.82, 2.24) is 0 Å². The lowest BCUT2D eigenvalue weighted by atomic mass is 9.75. The van der Waals surface area contributed by atoms with Gasteiger partial charge in [0.2, 0.25) is 0 Å². The third-order valence-corrected chi connectivity index (χ3v) is 3.16. The summed E-state index contributed by atoms with van der Waals surface area (Å²) in [5, 5.41) is 0. The van der Waals surface area contributed by atoms with E-state index >= 15 is 0 Å². The fourth-order valence-corrected chi connectivity index (χ4v) is 1.89. The smallest absolute Gasteiger partial charge is 0.162 e. The molecule has 3 heteroatoms. The van der Waals surface area contributed by atoms with E-state index in [1.165, 1.54) is 0 Å². The van der Waals surface area contributed by atoms with Crippen LogP contribution in [0.2, 0.25) is 0 Å². The molecule has 0 aromatic carbocycles. The van der Waals surface area contributed by atoms with Crippen LogP contribution in [0.3, 0.4) is 0 Å². The first-order chi connectivity index (χ1) is 6.42. The second-order valence-electron chi connectivity index (χ2n) is 4.05. The minimum atomic E-state index is -0.356. The second kappa shape index (κ2) is 7.18. The van der Waals surface area contributed by atoms with Gasteiger partial charge < -0.3 is 5.73 Å². The summed E-state index contributed by atoms with van der Waals surface area (Å²) in [6.45, 7) is 11.6. The molecule has 0 radical (unpaired) electrons. The Kier molecular flexibility index (Phi) is 8.25. The predicted molar refractivity (Wildman–Crippen MR) is 71.4 cm³/mol. The zero-order valence-corrected chi connectivity index (χ0v) is 12.0. The van der Waals surface area contributed by atoms with Crippen LogP contribution in [0.15, 0.2) is 12.2 Å². The largest absolute Gasteiger partial charge is 0.324 e. The summed E-state index contributed by atoms with van der Waals surface area (Å²) in [5.41, 5.74) is 6.49. The summed E-state index contributed by atoms with van der Waals surface area (Å²) in [5.74, 6) is 0.0497. The summed E-state index contributed by atoms with van der Waals surface area (Å²) in [7, 11) is 0. The van der Waals surface area contributed by atoms with Gasteiger partial charge in [-0.25, -0.2) is 0 Å². The van der Waals surface area contributed by atoms with E-state index in [0.717, 1.165) is 19.3 Å². The van der Waals surface area contributed by atoms with Crippen LogP contribution in [0.4, 0.5) is 0 Å². The molecule has 2 nitrogen and oxygen atoms in total. The highest BCUT2D eigenvalue weighted by Gasteiger charge is 2.35.